The maximum atomic E-state index is 13.2. The van der Waals surface area contributed by atoms with Crippen LogP contribution in [0.25, 0.3) is 0 Å². The number of halogens is 1. The molecule has 0 bridgehead atoms. The van der Waals surface area contributed by atoms with E-state index in [0.717, 1.165) is 12.8 Å². The van der Waals surface area contributed by atoms with E-state index in [2.05, 4.69) is 23.5 Å². The third-order valence-corrected chi connectivity index (χ3v) is 2.67. The van der Waals surface area contributed by atoms with E-state index in [1.165, 1.54) is 0 Å². The number of hydrogen-bond acceptors (Lipinski definition) is 3. The quantitative estimate of drug-likeness (QED) is 0.728. The Bertz CT molecular complexity index is 324. The largest absolute Gasteiger partial charge is 0.365 e. The highest BCUT2D eigenvalue weighted by Crippen LogP contribution is 2.50. The summed E-state index contributed by atoms with van der Waals surface area (Å²) in [5.74, 6) is -0.476. The van der Waals surface area contributed by atoms with E-state index in [4.69, 9.17) is 5.73 Å². The molecule has 1 fully saturated rings. The summed E-state index contributed by atoms with van der Waals surface area (Å²) >= 11 is 0. The van der Waals surface area contributed by atoms with Crippen molar-refractivity contribution in [2.45, 2.75) is 32.6 Å². The lowest BCUT2D eigenvalue weighted by Crippen LogP contribution is -2.30. The molecule has 0 amide bonds. The number of aromatic nitrogens is 1. The Morgan fingerprint density at radius 2 is 2.15 bits per heavy atom. The Hall–Kier alpha value is -1.06. The molecule has 1 heterocycles. The van der Waals surface area contributed by atoms with Crippen LogP contribution in [0.5, 0.6) is 0 Å². The van der Waals surface area contributed by atoms with Crippen molar-refractivity contribution in [1.29, 1.82) is 0 Å². The van der Waals surface area contributed by atoms with E-state index in [1.807, 2.05) is 0 Å². The zero-order valence-electron chi connectivity index (χ0n) is 7.80. The molecular weight excluding hydrogens is 171 g/mol. The summed E-state index contributed by atoms with van der Waals surface area (Å²) in [6.45, 7) is 4.32. The predicted octanol–water partition coefficient (Wildman–Crippen LogP) is 2.30. The zero-order valence-corrected chi connectivity index (χ0v) is 7.80. The molecule has 0 atom stereocenters. The summed E-state index contributed by atoms with van der Waals surface area (Å²) in [6.07, 6.45) is 1.91. The van der Waals surface area contributed by atoms with Crippen molar-refractivity contribution >= 4 is 5.88 Å². The van der Waals surface area contributed by atoms with Gasteiger partial charge in [-0.3, -0.25) is 0 Å². The van der Waals surface area contributed by atoms with Gasteiger partial charge in [0, 0.05) is 5.92 Å². The second kappa shape index (κ2) is 2.47. The lowest BCUT2D eigenvalue weighted by molar-refractivity contribution is 0.143. The molecule has 1 aliphatic rings. The standard InChI is InChI=1S/C9H13FN2O/c1-9(2)3-5(4-9)7-6(10)8(11)13-12-7/h5H,3-4,11H2,1-2H3. The number of nitrogens with zero attached hydrogens (tertiary/aromatic N) is 1. The van der Waals surface area contributed by atoms with Crippen molar-refractivity contribution < 1.29 is 8.91 Å². The van der Waals surface area contributed by atoms with Gasteiger partial charge in [-0.1, -0.05) is 19.0 Å². The van der Waals surface area contributed by atoms with Crippen molar-refractivity contribution in [3.8, 4) is 0 Å². The van der Waals surface area contributed by atoms with E-state index in [-0.39, 0.29) is 11.8 Å². The molecule has 0 aliphatic heterocycles. The molecule has 13 heavy (non-hydrogen) atoms. The number of rotatable bonds is 1. The van der Waals surface area contributed by atoms with Crippen molar-refractivity contribution in [2.75, 3.05) is 5.73 Å². The van der Waals surface area contributed by atoms with Gasteiger partial charge < -0.3 is 10.3 Å². The molecule has 4 heteroatoms. The molecule has 0 spiro atoms. The fourth-order valence-corrected chi connectivity index (χ4v) is 2.03. The minimum Gasteiger partial charge on any atom is -0.365 e. The molecule has 3 nitrogen and oxygen atoms in total. The Labute approximate surface area is 76.1 Å². The molecule has 0 saturated heterocycles. The topological polar surface area (TPSA) is 52.0 Å². The summed E-state index contributed by atoms with van der Waals surface area (Å²) < 4.78 is 17.8. The molecule has 2 N–H and O–H groups in total. The van der Waals surface area contributed by atoms with Crippen LogP contribution in [0.2, 0.25) is 0 Å². The van der Waals surface area contributed by atoms with E-state index in [9.17, 15) is 4.39 Å². The van der Waals surface area contributed by atoms with E-state index in [0.29, 0.717) is 11.1 Å². The molecule has 0 aromatic carbocycles. The Morgan fingerprint density at radius 3 is 2.54 bits per heavy atom. The fraction of sp³-hybridized carbons (Fsp3) is 0.667. The van der Waals surface area contributed by atoms with Gasteiger partial charge in [0.2, 0.25) is 5.82 Å². The molecule has 0 unspecified atom stereocenters. The highest BCUT2D eigenvalue weighted by atomic mass is 19.1. The SMILES string of the molecule is CC1(C)CC(c2noc(N)c2F)C1. The Morgan fingerprint density at radius 1 is 1.54 bits per heavy atom. The second-order valence-electron chi connectivity index (χ2n) is 4.52. The Kier molecular flexibility index (Phi) is 1.62. The first kappa shape index (κ1) is 8.53. The minimum absolute atomic E-state index is 0.191. The van der Waals surface area contributed by atoms with Crippen LogP contribution in [0.3, 0.4) is 0 Å². The summed E-state index contributed by atoms with van der Waals surface area (Å²) in [7, 11) is 0. The zero-order chi connectivity index (χ0) is 9.64. The van der Waals surface area contributed by atoms with Gasteiger partial charge >= 0.3 is 0 Å². The molecule has 0 radical (unpaired) electrons. The van der Waals surface area contributed by atoms with Crippen LogP contribution in [-0.2, 0) is 0 Å². The highest BCUT2D eigenvalue weighted by Gasteiger charge is 2.40. The first-order valence-corrected chi connectivity index (χ1v) is 4.40. The molecule has 1 aromatic rings. The van der Waals surface area contributed by atoms with Gasteiger partial charge in [0.05, 0.1) is 0 Å². The van der Waals surface area contributed by atoms with Crippen LogP contribution in [0.1, 0.15) is 38.3 Å². The fourth-order valence-electron chi connectivity index (χ4n) is 2.03. The first-order valence-electron chi connectivity index (χ1n) is 4.40. The molecule has 1 aromatic heterocycles. The predicted molar refractivity (Wildman–Crippen MR) is 46.6 cm³/mol. The normalized spacial score (nSPS) is 21.5. The lowest BCUT2D eigenvalue weighted by atomic mass is 9.63. The molecule has 1 aliphatic carbocycles. The van der Waals surface area contributed by atoms with Crippen LogP contribution >= 0.6 is 0 Å². The van der Waals surface area contributed by atoms with Crippen molar-refractivity contribution in [1.82, 2.24) is 5.16 Å². The van der Waals surface area contributed by atoms with Crippen molar-refractivity contribution in [3.05, 3.63) is 11.5 Å². The monoisotopic (exact) mass is 184 g/mol. The highest BCUT2D eigenvalue weighted by molar-refractivity contribution is 5.30. The smallest absolute Gasteiger partial charge is 0.258 e. The summed E-state index contributed by atoms with van der Waals surface area (Å²) in [5.41, 5.74) is 5.93. The lowest BCUT2D eigenvalue weighted by Gasteiger charge is -2.41. The second-order valence-corrected chi connectivity index (χ2v) is 4.52. The van der Waals surface area contributed by atoms with Gasteiger partial charge in [-0.05, 0) is 18.3 Å². The third kappa shape index (κ3) is 1.30. The third-order valence-electron chi connectivity index (χ3n) is 2.67. The first-order chi connectivity index (χ1) is 5.99. The summed E-state index contributed by atoms with van der Waals surface area (Å²) in [6, 6.07) is 0. The van der Waals surface area contributed by atoms with Crippen molar-refractivity contribution in [3.63, 3.8) is 0 Å². The molecule has 1 saturated carbocycles. The van der Waals surface area contributed by atoms with Crippen LogP contribution in [0.15, 0.2) is 4.52 Å². The maximum absolute atomic E-state index is 13.2. The number of anilines is 1. The summed E-state index contributed by atoms with van der Waals surface area (Å²) in [5, 5.41) is 3.63. The van der Waals surface area contributed by atoms with Gasteiger partial charge in [0.1, 0.15) is 5.69 Å². The average molecular weight is 184 g/mol. The molecule has 72 valence electrons. The molecular formula is C9H13FN2O. The van der Waals surface area contributed by atoms with E-state index >= 15 is 0 Å². The van der Waals surface area contributed by atoms with Gasteiger partial charge in [0.25, 0.3) is 5.88 Å². The minimum atomic E-state index is -0.472. The van der Waals surface area contributed by atoms with Gasteiger partial charge in [-0.15, -0.1) is 0 Å². The van der Waals surface area contributed by atoms with Crippen LogP contribution in [0, 0.1) is 11.2 Å². The van der Waals surface area contributed by atoms with Gasteiger partial charge in [-0.2, -0.15) is 4.39 Å². The number of nitrogen functional groups attached to an aromatic ring is 1. The van der Waals surface area contributed by atoms with Crippen LogP contribution in [-0.4, -0.2) is 5.16 Å². The van der Waals surface area contributed by atoms with Crippen LogP contribution in [0.4, 0.5) is 10.3 Å². The van der Waals surface area contributed by atoms with Crippen molar-refractivity contribution in [2.24, 2.45) is 5.41 Å². The van der Waals surface area contributed by atoms with E-state index in [1.54, 1.807) is 0 Å². The molecule has 2 rings (SSSR count). The number of nitrogens with two attached hydrogens (primary N) is 1. The maximum Gasteiger partial charge on any atom is 0.258 e. The number of hydrogen-bond donors (Lipinski definition) is 1. The van der Waals surface area contributed by atoms with Gasteiger partial charge in [0.15, 0.2) is 0 Å². The Balaban J connectivity index is 2.16. The average Bonchev–Trinajstić information content (AvgIpc) is 2.28. The van der Waals surface area contributed by atoms with E-state index < -0.39 is 5.82 Å². The van der Waals surface area contributed by atoms with Crippen LogP contribution < -0.4 is 5.73 Å². The van der Waals surface area contributed by atoms with Gasteiger partial charge in [-0.25, -0.2) is 0 Å². The summed E-state index contributed by atoms with van der Waals surface area (Å²) in [4.78, 5) is 0.